The standard InChI is InChI=1S/C30H46O5/c1-17-9-14-29(24(32)33)15-16-30(25(34)35)19(23(29)18(17)2)7-8-21-27(5)12-11-22(31)26(3,4)20(27)10-13-28(21,30)6/h7,17-18,20-23,31H,8-16H2,1-6H3,(H,32,33)(H,34,35)/t17-,18+,20+,21-,22+,23+,27+,28-,29+,30-/m0/s1. The molecule has 5 aliphatic carbocycles. The Bertz CT molecular complexity index is 968. The molecule has 3 N–H and O–H groups in total. The molecule has 5 aliphatic rings. The van der Waals surface area contributed by atoms with Gasteiger partial charge in [0.05, 0.1) is 16.9 Å². The average molecular weight is 487 g/mol. The second kappa shape index (κ2) is 7.58. The molecule has 0 heterocycles. The molecule has 0 spiro atoms. The van der Waals surface area contributed by atoms with Gasteiger partial charge in [0.1, 0.15) is 0 Å². The summed E-state index contributed by atoms with van der Waals surface area (Å²) in [4.78, 5) is 26.3. The Morgan fingerprint density at radius 3 is 2.17 bits per heavy atom. The zero-order valence-electron chi connectivity index (χ0n) is 22.6. The molecule has 0 bridgehead atoms. The molecule has 0 aromatic heterocycles. The molecule has 196 valence electrons. The minimum absolute atomic E-state index is 0.0347. The molecular formula is C30H46O5. The van der Waals surface area contributed by atoms with Crippen molar-refractivity contribution in [3.63, 3.8) is 0 Å². The highest BCUT2D eigenvalue weighted by molar-refractivity contribution is 5.84. The van der Waals surface area contributed by atoms with Gasteiger partial charge in [-0.2, -0.15) is 0 Å². The maximum atomic E-state index is 13.5. The number of hydrogen-bond acceptors (Lipinski definition) is 3. The highest BCUT2D eigenvalue weighted by atomic mass is 16.4. The second-order valence-electron chi connectivity index (χ2n) is 14.4. The summed E-state index contributed by atoms with van der Waals surface area (Å²) in [7, 11) is 0. The zero-order chi connectivity index (χ0) is 25.8. The first-order chi connectivity index (χ1) is 16.2. The van der Waals surface area contributed by atoms with Crippen molar-refractivity contribution >= 4 is 11.9 Å². The number of fused-ring (bicyclic) bond motifs is 7. The van der Waals surface area contributed by atoms with Crippen molar-refractivity contribution in [1.82, 2.24) is 0 Å². The molecule has 0 saturated heterocycles. The molecule has 5 nitrogen and oxygen atoms in total. The van der Waals surface area contributed by atoms with E-state index in [1.807, 2.05) is 0 Å². The Labute approximate surface area is 210 Å². The predicted molar refractivity (Wildman–Crippen MR) is 135 cm³/mol. The summed E-state index contributed by atoms with van der Waals surface area (Å²) < 4.78 is 0. The fraction of sp³-hybridized carbons (Fsp3) is 0.867. The van der Waals surface area contributed by atoms with Gasteiger partial charge in [0.25, 0.3) is 0 Å². The Balaban J connectivity index is 1.68. The lowest BCUT2D eigenvalue weighted by molar-refractivity contribution is -0.216. The number of rotatable bonds is 2. The van der Waals surface area contributed by atoms with Crippen LogP contribution < -0.4 is 0 Å². The van der Waals surface area contributed by atoms with Crippen LogP contribution in [0.4, 0.5) is 0 Å². The molecular weight excluding hydrogens is 440 g/mol. The van der Waals surface area contributed by atoms with E-state index in [0.29, 0.717) is 31.1 Å². The maximum absolute atomic E-state index is 13.5. The van der Waals surface area contributed by atoms with Gasteiger partial charge in [-0.1, -0.05) is 53.2 Å². The number of hydrogen-bond donors (Lipinski definition) is 3. The van der Waals surface area contributed by atoms with Gasteiger partial charge in [0.15, 0.2) is 0 Å². The first-order valence-electron chi connectivity index (χ1n) is 14.1. The first kappa shape index (κ1) is 25.3. The summed E-state index contributed by atoms with van der Waals surface area (Å²) in [6.07, 6.45) is 8.62. The Hall–Kier alpha value is -1.36. The van der Waals surface area contributed by atoms with Crippen LogP contribution in [-0.2, 0) is 9.59 Å². The van der Waals surface area contributed by atoms with Crippen LogP contribution in [-0.4, -0.2) is 33.4 Å². The Morgan fingerprint density at radius 1 is 0.857 bits per heavy atom. The third-order valence-electron chi connectivity index (χ3n) is 13.2. The normalized spacial score (nSPS) is 52.7. The number of aliphatic carboxylic acids is 2. The molecule has 0 amide bonds. The van der Waals surface area contributed by atoms with Gasteiger partial charge in [-0.3, -0.25) is 9.59 Å². The van der Waals surface area contributed by atoms with E-state index in [-0.39, 0.29) is 34.7 Å². The van der Waals surface area contributed by atoms with Crippen molar-refractivity contribution < 1.29 is 24.9 Å². The topological polar surface area (TPSA) is 94.8 Å². The van der Waals surface area contributed by atoms with E-state index >= 15 is 0 Å². The fourth-order valence-corrected chi connectivity index (χ4v) is 11.0. The SMILES string of the molecule is C[C@@H]1[C@@H](C)CC[C@@]2(C(=O)O)CC[C@@]3(C(=O)O)C(=CC[C@H]4[C@]5(C)CC[C@@H](O)C(C)(C)[C@H]5CC[C@@]43C)[C@@H]12. The van der Waals surface area contributed by atoms with Gasteiger partial charge in [0.2, 0.25) is 0 Å². The van der Waals surface area contributed by atoms with Gasteiger partial charge in [-0.15, -0.1) is 0 Å². The second-order valence-corrected chi connectivity index (χ2v) is 14.4. The molecule has 0 aliphatic heterocycles. The van der Waals surface area contributed by atoms with Crippen molar-refractivity contribution in [3.8, 4) is 0 Å². The van der Waals surface area contributed by atoms with Crippen molar-refractivity contribution in [2.75, 3.05) is 0 Å². The molecule has 0 aromatic carbocycles. The van der Waals surface area contributed by atoms with Crippen LogP contribution in [0.25, 0.3) is 0 Å². The summed E-state index contributed by atoms with van der Waals surface area (Å²) in [5.74, 6) is -0.563. The lowest BCUT2D eigenvalue weighted by Gasteiger charge is -2.70. The van der Waals surface area contributed by atoms with Crippen LogP contribution in [0.5, 0.6) is 0 Å². The number of carbonyl (C=O) groups is 2. The van der Waals surface area contributed by atoms with Crippen molar-refractivity contribution in [3.05, 3.63) is 11.6 Å². The van der Waals surface area contributed by atoms with E-state index in [1.54, 1.807) is 0 Å². The Kier molecular flexibility index (Phi) is 5.48. The average Bonchev–Trinajstić information content (AvgIpc) is 2.78. The monoisotopic (exact) mass is 486 g/mol. The number of aliphatic hydroxyl groups excluding tert-OH is 1. The Morgan fingerprint density at radius 2 is 1.54 bits per heavy atom. The van der Waals surface area contributed by atoms with Crippen LogP contribution in [0.15, 0.2) is 11.6 Å². The number of aliphatic hydroxyl groups is 1. The van der Waals surface area contributed by atoms with Crippen molar-refractivity contribution in [2.24, 2.45) is 56.7 Å². The molecule has 0 unspecified atom stereocenters. The summed E-state index contributed by atoms with van der Waals surface area (Å²) in [5, 5.41) is 32.5. The number of allylic oxidation sites excluding steroid dienone is 1. The minimum atomic E-state index is -1.00. The lowest BCUT2D eigenvalue weighted by atomic mass is 9.33. The summed E-state index contributed by atoms with van der Waals surface area (Å²) >= 11 is 0. The van der Waals surface area contributed by atoms with Crippen molar-refractivity contribution in [2.45, 2.75) is 105 Å². The summed E-state index contributed by atoms with van der Waals surface area (Å²) in [6.45, 7) is 13.4. The van der Waals surface area contributed by atoms with E-state index in [9.17, 15) is 24.9 Å². The smallest absolute Gasteiger partial charge is 0.314 e. The molecule has 10 atom stereocenters. The molecule has 5 rings (SSSR count). The van der Waals surface area contributed by atoms with Crippen LogP contribution in [0.3, 0.4) is 0 Å². The first-order valence-corrected chi connectivity index (χ1v) is 14.1. The molecule has 4 saturated carbocycles. The molecule has 4 fully saturated rings. The van der Waals surface area contributed by atoms with E-state index in [1.165, 1.54) is 0 Å². The van der Waals surface area contributed by atoms with Crippen LogP contribution in [0, 0.1) is 56.7 Å². The van der Waals surface area contributed by atoms with Crippen LogP contribution in [0.2, 0.25) is 0 Å². The zero-order valence-corrected chi connectivity index (χ0v) is 22.6. The highest BCUT2D eigenvalue weighted by Crippen LogP contribution is 2.75. The third-order valence-corrected chi connectivity index (χ3v) is 13.2. The van der Waals surface area contributed by atoms with E-state index < -0.39 is 28.2 Å². The number of carboxylic acids is 2. The lowest BCUT2D eigenvalue weighted by Crippen LogP contribution is -2.67. The van der Waals surface area contributed by atoms with Gasteiger partial charge < -0.3 is 15.3 Å². The van der Waals surface area contributed by atoms with Gasteiger partial charge in [-0.25, -0.2) is 0 Å². The molecule has 35 heavy (non-hydrogen) atoms. The molecule has 0 aromatic rings. The van der Waals surface area contributed by atoms with Crippen LogP contribution in [0.1, 0.15) is 99.3 Å². The van der Waals surface area contributed by atoms with E-state index in [4.69, 9.17) is 0 Å². The van der Waals surface area contributed by atoms with Gasteiger partial charge in [0, 0.05) is 0 Å². The molecule has 5 heteroatoms. The van der Waals surface area contributed by atoms with Crippen LogP contribution >= 0.6 is 0 Å². The fourth-order valence-electron chi connectivity index (χ4n) is 11.0. The predicted octanol–water partition coefficient (Wildman–Crippen LogP) is 6.15. The summed E-state index contributed by atoms with van der Waals surface area (Å²) in [6, 6.07) is 0. The van der Waals surface area contributed by atoms with E-state index in [2.05, 4.69) is 47.6 Å². The largest absolute Gasteiger partial charge is 0.481 e. The quantitative estimate of drug-likeness (QED) is 0.407. The van der Waals surface area contributed by atoms with Gasteiger partial charge in [-0.05, 0) is 104 Å². The van der Waals surface area contributed by atoms with Gasteiger partial charge >= 0.3 is 11.9 Å². The minimum Gasteiger partial charge on any atom is -0.481 e. The number of carboxylic acid groups (broad SMARTS) is 2. The third kappa shape index (κ3) is 2.85. The molecule has 0 radical (unpaired) electrons. The van der Waals surface area contributed by atoms with E-state index in [0.717, 1.165) is 44.1 Å². The maximum Gasteiger partial charge on any atom is 0.314 e. The summed E-state index contributed by atoms with van der Waals surface area (Å²) in [5.41, 5.74) is -1.53. The van der Waals surface area contributed by atoms with Crippen molar-refractivity contribution in [1.29, 1.82) is 0 Å². The highest BCUT2D eigenvalue weighted by Gasteiger charge is 2.73.